The van der Waals surface area contributed by atoms with Crippen LogP contribution in [0, 0.1) is 0 Å². The van der Waals surface area contributed by atoms with Crippen molar-refractivity contribution >= 4 is 24.8 Å². The summed E-state index contributed by atoms with van der Waals surface area (Å²) in [5, 5.41) is 0. The van der Waals surface area contributed by atoms with Crippen LogP contribution >= 0.6 is 24.8 Å². The van der Waals surface area contributed by atoms with E-state index in [1.807, 2.05) is 0 Å². The normalized spacial score (nSPS) is 12.6. The number of hydrogen-bond donors (Lipinski definition) is 2. The van der Waals surface area contributed by atoms with E-state index in [0.717, 1.165) is 32.1 Å². The molecule has 0 aromatic heterocycles. The summed E-state index contributed by atoms with van der Waals surface area (Å²) in [5.41, 5.74) is 12.2. The molecule has 0 bridgehead atoms. The van der Waals surface area contributed by atoms with Crippen molar-refractivity contribution in [3.8, 4) is 0 Å². The van der Waals surface area contributed by atoms with Crippen LogP contribution < -0.4 is 11.5 Å². The van der Waals surface area contributed by atoms with Gasteiger partial charge in [-0.1, -0.05) is 27.2 Å². The van der Waals surface area contributed by atoms with Gasteiger partial charge in [0, 0.05) is 11.6 Å². The summed E-state index contributed by atoms with van der Waals surface area (Å²) in [4.78, 5) is 0. The first kappa shape index (κ1) is 20.9. The van der Waals surface area contributed by atoms with E-state index in [9.17, 15) is 0 Å². The van der Waals surface area contributed by atoms with Gasteiger partial charge in [-0.05, 0) is 32.1 Å². The lowest BCUT2D eigenvalue weighted by Gasteiger charge is -2.27. The maximum absolute atomic E-state index is 6.19. The molecule has 0 saturated carbocycles. The smallest absolute Gasteiger partial charge is 0.0149 e. The first-order chi connectivity index (χ1) is 6.08. The van der Waals surface area contributed by atoms with Gasteiger partial charge in [-0.25, -0.2) is 0 Å². The van der Waals surface area contributed by atoms with E-state index in [0.29, 0.717) is 6.04 Å². The molecule has 96 valence electrons. The standard InChI is InChI=1S/C11H26N2.2ClH/c1-4-7-10(12)8-9-11(13,5-2)6-3;;/h10H,4-9,12-13H2,1-3H3;2*1H. The first-order valence-electron chi connectivity index (χ1n) is 5.62. The van der Waals surface area contributed by atoms with E-state index >= 15 is 0 Å². The van der Waals surface area contributed by atoms with Gasteiger partial charge in [0.25, 0.3) is 0 Å². The molecule has 0 aromatic carbocycles. The fourth-order valence-electron chi connectivity index (χ4n) is 1.59. The third-order valence-corrected chi connectivity index (χ3v) is 3.08. The second-order valence-corrected chi connectivity index (χ2v) is 4.16. The lowest BCUT2D eigenvalue weighted by atomic mass is 9.87. The summed E-state index contributed by atoms with van der Waals surface area (Å²) in [5.74, 6) is 0. The predicted molar refractivity (Wildman–Crippen MR) is 74.1 cm³/mol. The molecule has 0 fully saturated rings. The molecule has 4 N–H and O–H groups in total. The molecule has 0 aromatic rings. The maximum Gasteiger partial charge on any atom is 0.0149 e. The topological polar surface area (TPSA) is 52.0 Å². The highest BCUT2D eigenvalue weighted by Gasteiger charge is 2.20. The van der Waals surface area contributed by atoms with Crippen molar-refractivity contribution in [2.45, 2.75) is 70.9 Å². The van der Waals surface area contributed by atoms with Crippen LogP contribution in [0.1, 0.15) is 59.3 Å². The zero-order valence-electron chi connectivity index (χ0n) is 10.3. The Morgan fingerprint density at radius 2 is 1.47 bits per heavy atom. The van der Waals surface area contributed by atoms with Gasteiger partial charge in [-0.15, -0.1) is 24.8 Å². The molecule has 0 saturated heterocycles. The molecule has 1 atom stereocenters. The summed E-state index contributed by atoms with van der Waals surface area (Å²) in [6, 6.07) is 0.353. The average Bonchev–Trinajstić information content (AvgIpc) is 2.15. The minimum atomic E-state index is 0. The molecule has 0 aliphatic rings. The van der Waals surface area contributed by atoms with E-state index in [4.69, 9.17) is 11.5 Å². The van der Waals surface area contributed by atoms with Crippen molar-refractivity contribution in [3.63, 3.8) is 0 Å². The maximum atomic E-state index is 6.19. The number of nitrogens with two attached hydrogens (primary N) is 2. The van der Waals surface area contributed by atoms with Crippen LogP contribution in [0.4, 0.5) is 0 Å². The molecule has 0 spiro atoms. The summed E-state index contributed by atoms with van der Waals surface area (Å²) >= 11 is 0. The Morgan fingerprint density at radius 3 is 1.80 bits per heavy atom. The van der Waals surface area contributed by atoms with Crippen LogP contribution in [0.2, 0.25) is 0 Å². The van der Waals surface area contributed by atoms with Crippen molar-refractivity contribution in [2.24, 2.45) is 11.5 Å². The molecule has 1 unspecified atom stereocenters. The Bertz CT molecular complexity index is 128. The molecule has 4 heteroatoms. The van der Waals surface area contributed by atoms with Crippen LogP contribution in [0.5, 0.6) is 0 Å². The van der Waals surface area contributed by atoms with Crippen LogP contribution in [-0.4, -0.2) is 11.6 Å². The summed E-state index contributed by atoms with van der Waals surface area (Å²) in [6.07, 6.45) is 6.57. The lowest BCUT2D eigenvalue weighted by Crippen LogP contribution is -2.39. The van der Waals surface area contributed by atoms with Crippen molar-refractivity contribution in [2.75, 3.05) is 0 Å². The fourth-order valence-corrected chi connectivity index (χ4v) is 1.59. The van der Waals surface area contributed by atoms with Crippen LogP contribution in [0.3, 0.4) is 0 Å². The van der Waals surface area contributed by atoms with Gasteiger partial charge in [0.05, 0.1) is 0 Å². The van der Waals surface area contributed by atoms with E-state index in [1.165, 1.54) is 6.42 Å². The number of halogens is 2. The van der Waals surface area contributed by atoms with Crippen molar-refractivity contribution in [1.82, 2.24) is 0 Å². The monoisotopic (exact) mass is 258 g/mol. The minimum Gasteiger partial charge on any atom is -0.328 e. The van der Waals surface area contributed by atoms with Gasteiger partial charge in [0.15, 0.2) is 0 Å². The zero-order chi connectivity index (χ0) is 10.3. The van der Waals surface area contributed by atoms with E-state index in [1.54, 1.807) is 0 Å². The van der Waals surface area contributed by atoms with Gasteiger partial charge >= 0.3 is 0 Å². The summed E-state index contributed by atoms with van der Waals surface area (Å²) < 4.78 is 0. The third kappa shape index (κ3) is 9.43. The van der Waals surface area contributed by atoms with Crippen LogP contribution in [-0.2, 0) is 0 Å². The van der Waals surface area contributed by atoms with Gasteiger partial charge in [-0.2, -0.15) is 0 Å². The average molecular weight is 259 g/mol. The van der Waals surface area contributed by atoms with E-state index in [2.05, 4.69) is 20.8 Å². The molecule has 0 aliphatic heterocycles. The number of hydrogen-bond acceptors (Lipinski definition) is 2. The highest BCUT2D eigenvalue weighted by atomic mass is 35.5. The van der Waals surface area contributed by atoms with E-state index < -0.39 is 0 Å². The molecule has 0 heterocycles. The highest BCUT2D eigenvalue weighted by Crippen LogP contribution is 2.19. The Morgan fingerprint density at radius 1 is 1.00 bits per heavy atom. The van der Waals surface area contributed by atoms with E-state index in [-0.39, 0.29) is 30.4 Å². The second-order valence-electron chi connectivity index (χ2n) is 4.16. The number of rotatable bonds is 7. The molecule has 0 radical (unpaired) electrons. The molecular formula is C11H28Cl2N2. The largest absolute Gasteiger partial charge is 0.328 e. The zero-order valence-corrected chi connectivity index (χ0v) is 11.9. The molecule has 0 aliphatic carbocycles. The van der Waals surface area contributed by atoms with Crippen molar-refractivity contribution in [3.05, 3.63) is 0 Å². The van der Waals surface area contributed by atoms with Gasteiger partial charge in [0.2, 0.25) is 0 Å². The van der Waals surface area contributed by atoms with Crippen LogP contribution in [0.15, 0.2) is 0 Å². The van der Waals surface area contributed by atoms with Gasteiger partial charge in [-0.3, -0.25) is 0 Å². The predicted octanol–water partition coefficient (Wildman–Crippen LogP) is 3.26. The highest BCUT2D eigenvalue weighted by molar-refractivity contribution is 5.85. The summed E-state index contributed by atoms with van der Waals surface area (Å²) in [7, 11) is 0. The summed E-state index contributed by atoms with van der Waals surface area (Å²) in [6.45, 7) is 6.50. The van der Waals surface area contributed by atoms with Crippen molar-refractivity contribution < 1.29 is 0 Å². The Kier molecular flexibility index (Phi) is 15.3. The SMILES string of the molecule is CCCC(N)CCC(N)(CC)CC.Cl.Cl. The molecular weight excluding hydrogens is 231 g/mol. The first-order valence-corrected chi connectivity index (χ1v) is 5.62. The molecule has 2 nitrogen and oxygen atoms in total. The Labute approximate surface area is 107 Å². The third-order valence-electron chi connectivity index (χ3n) is 3.08. The van der Waals surface area contributed by atoms with Crippen LogP contribution in [0.25, 0.3) is 0 Å². The molecule has 0 rings (SSSR count). The van der Waals surface area contributed by atoms with Gasteiger partial charge < -0.3 is 11.5 Å². The Hall–Kier alpha value is 0.500. The second kappa shape index (κ2) is 11.0. The quantitative estimate of drug-likeness (QED) is 0.737. The molecule has 0 amide bonds. The lowest BCUT2D eigenvalue weighted by molar-refractivity contribution is 0.339. The van der Waals surface area contributed by atoms with Gasteiger partial charge in [0.1, 0.15) is 0 Å². The Balaban J connectivity index is -0.000000720. The van der Waals surface area contributed by atoms with Crippen molar-refractivity contribution in [1.29, 1.82) is 0 Å². The fraction of sp³-hybridized carbons (Fsp3) is 1.00. The molecule has 15 heavy (non-hydrogen) atoms. The minimum absolute atomic E-state index is 0.